The van der Waals surface area contributed by atoms with E-state index >= 15 is 0 Å². The van der Waals surface area contributed by atoms with Gasteiger partial charge in [-0.2, -0.15) is 4.98 Å². The molecule has 3 aliphatic carbocycles. The van der Waals surface area contributed by atoms with Crippen molar-refractivity contribution in [2.45, 2.75) is 30.3 Å². The molecule has 0 atom stereocenters. The summed E-state index contributed by atoms with van der Waals surface area (Å²) in [5.74, 6) is -0.541. The highest BCUT2D eigenvalue weighted by Crippen LogP contribution is 2.61. The smallest absolute Gasteiger partial charge is 0.296 e. The second-order valence-corrected chi connectivity index (χ2v) is 8.02. The van der Waals surface area contributed by atoms with Crippen LogP contribution in [-0.2, 0) is 4.79 Å². The molecule has 6 rings (SSSR count). The van der Waals surface area contributed by atoms with E-state index in [2.05, 4.69) is 15.6 Å². The van der Waals surface area contributed by atoms with Crippen LogP contribution in [-0.4, -0.2) is 28.6 Å². The molecule has 3 fully saturated rings. The number of para-hydroxylation sites is 2. The standard InChI is InChI=1S/C20H17ClFN3O3/c21-13-6-5-12(7-14(13)22)27-8-17(26)24-19-9-20(10-19,11-19)25-18-23-15-3-1-2-4-16(15)28-18/h1-7H,8-11H2,(H,23,25)(H,24,26). The lowest BCUT2D eigenvalue weighted by Gasteiger charge is -2.70. The van der Waals surface area contributed by atoms with Gasteiger partial charge in [-0.3, -0.25) is 4.79 Å². The van der Waals surface area contributed by atoms with Crippen molar-refractivity contribution in [2.75, 3.05) is 11.9 Å². The summed E-state index contributed by atoms with van der Waals surface area (Å²) >= 11 is 5.63. The van der Waals surface area contributed by atoms with Crippen LogP contribution in [0.5, 0.6) is 5.75 Å². The van der Waals surface area contributed by atoms with Crippen molar-refractivity contribution < 1.29 is 18.3 Å². The number of hydrogen-bond acceptors (Lipinski definition) is 5. The number of rotatable bonds is 6. The first-order valence-corrected chi connectivity index (χ1v) is 9.35. The lowest BCUT2D eigenvalue weighted by molar-refractivity contribution is -0.135. The van der Waals surface area contributed by atoms with Crippen LogP contribution in [0.4, 0.5) is 10.4 Å². The maximum atomic E-state index is 13.4. The maximum Gasteiger partial charge on any atom is 0.296 e. The Labute approximate surface area is 165 Å². The first-order chi connectivity index (χ1) is 13.4. The summed E-state index contributed by atoms with van der Waals surface area (Å²) in [7, 11) is 0. The van der Waals surface area contributed by atoms with Crippen molar-refractivity contribution >= 4 is 34.6 Å². The molecule has 2 bridgehead atoms. The largest absolute Gasteiger partial charge is 0.484 e. The molecule has 0 radical (unpaired) electrons. The topological polar surface area (TPSA) is 76.4 Å². The molecule has 6 nitrogen and oxygen atoms in total. The van der Waals surface area contributed by atoms with Gasteiger partial charge in [-0.1, -0.05) is 23.7 Å². The van der Waals surface area contributed by atoms with E-state index in [-0.39, 0.29) is 34.4 Å². The van der Waals surface area contributed by atoms with Gasteiger partial charge in [0.05, 0.1) is 5.02 Å². The fourth-order valence-corrected chi connectivity index (χ4v) is 4.37. The average Bonchev–Trinajstić information content (AvgIpc) is 3.02. The van der Waals surface area contributed by atoms with E-state index in [1.807, 2.05) is 24.3 Å². The summed E-state index contributed by atoms with van der Waals surface area (Å²) in [6, 6.07) is 12.2. The van der Waals surface area contributed by atoms with E-state index in [1.54, 1.807) is 0 Å². The number of ether oxygens (including phenoxy) is 1. The molecule has 3 saturated carbocycles. The van der Waals surface area contributed by atoms with Gasteiger partial charge in [0.25, 0.3) is 11.9 Å². The van der Waals surface area contributed by atoms with Crippen molar-refractivity contribution in [3.63, 3.8) is 0 Å². The predicted octanol–water partition coefficient (Wildman–Crippen LogP) is 3.90. The minimum Gasteiger partial charge on any atom is -0.484 e. The zero-order valence-corrected chi connectivity index (χ0v) is 15.6. The zero-order valence-electron chi connectivity index (χ0n) is 14.8. The summed E-state index contributed by atoms with van der Waals surface area (Å²) in [4.78, 5) is 16.6. The monoisotopic (exact) mass is 401 g/mol. The van der Waals surface area contributed by atoms with Crippen LogP contribution >= 0.6 is 11.6 Å². The predicted molar refractivity (Wildman–Crippen MR) is 102 cm³/mol. The normalized spacial score (nSPS) is 24.9. The van der Waals surface area contributed by atoms with Crippen molar-refractivity contribution in [3.8, 4) is 5.75 Å². The molecule has 2 aromatic carbocycles. The molecule has 1 heterocycles. The van der Waals surface area contributed by atoms with Gasteiger partial charge in [0.15, 0.2) is 12.2 Å². The summed E-state index contributed by atoms with van der Waals surface area (Å²) in [6.45, 7) is -0.172. The Morgan fingerprint density at radius 2 is 2.00 bits per heavy atom. The first kappa shape index (κ1) is 17.3. The molecule has 3 aromatic rings. The Bertz CT molecular complexity index is 1030. The van der Waals surface area contributed by atoms with Crippen LogP contribution in [0.2, 0.25) is 5.02 Å². The van der Waals surface area contributed by atoms with E-state index in [9.17, 15) is 9.18 Å². The molecule has 144 valence electrons. The Morgan fingerprint density at radius 1 is 1.21 bits per heavy atom. The number of carbonyl (C=O) groups excluding carboxylic acids is 1. The molecular formula is C20H17ClFN3O3. The van der Waals surface area contributed by atoms with Crippen molar-refractivity contribution in [2.24, 2.45) is 0 Å². The molecule has 2 N–H and O–H groups in total. The Balaban J connectivity index is 1.13. The third kappa shape index (κ3) is 2.96. The highest BCUT2D eigenvalue weighted by atomic mass is 35.5. The highest BCUT2D eigenvalue weighted by Gasteiger charge is 2.69. The van der Waals surface area contributed by atoms with Gasteiger partial charge in [0, 0.05) is 17.1 Å². The van der Waals surface area contributed by atoms with Gasteiger partial charge in [-0.15, -0.1) is 0 Å². The number of aromatic nitrogens is 1. The van der Waals surface area contributed by atoms with E-state index in [0.717, 1.165) is 36.4 Å². The number of anilines is 1. The molecular weight excluding hydrogens is 385 g/mol. The van der Waals surface area contributed by atoms with Crippen molar-refractivity contribution in [1.29, 1.82) is 0 Å². The number of nitrogens with one attached hydrogen (secondary N) is 2. The van der Waals surface area contributed by atoms with Crippen molar-refractivity contribution in [1.82, 2.24) is 10.3 Å². The molecule has 0 unspecified atom stereocenters. The molecule has 3 aliphatic rings. The van der Waals surface area contributed by atoms with Crippen LogP contribution in [0.15, 0.2) is 46.9 Å². The van der Waals surface area contributed by atoms with Gasteiger partial charge in [-0.25, -0.2) is 4.39 Å². The Hall–Kier alpha value is -2.80. The fourth-order valence-electron chi connectivity index (χ4n) is 4.25. The quantitative estimate of drug-likeness (QED) is 0.655. The third-order valence-electron chi connectivity index (χ3n) is 5.36. The van der Waals surface area contributed by atoms with Crippen LogP contribution < -0.4 is 15.4 Å². The van der Waals surface area contributed by atoms with Gasteiger partial charge < -0.3 is 19.8 Å². The summed E-state index contributed by atoms with van der Waals surface area (Å²) in [6.07, 6.45) is 2.42. The number of halogens is 2. The van der Waals surface area contributed by atoms with E-state index < -0.39 is 5.82 Å². The lowest BCUT2D eigenvalue weighted by Crippen LogP contribution is -2.81. The number of fused-ring (bicyclic) bond motifs is 1. The van der Waals surface area contributed by atoms with Crippen LogP contribution in [0.25, 0.3) is 11.1 Å². The maximum absolute atomic E-state index is 13.4. The summed E-state index contributed by atoms with van der Waals surface area (Å²) < 4.78 is 24.5. The van der Waals surface area contributed by atoms with E-state index in [1.165, 1.54) is 12.1 Å². The Morgan fingerprint density at radius 3 is 2.75 bits per heavy atom. The van der Waals surface area contributed by atoms with Gasteiger partial charge >= 0.3 is 0 Å². The summed E-state index contributed by atoms with van der Waals surface area (Å²) in [5, 5.41) is 6.40. The second-order valence-electron chi connectivity index (χ2n) is 7.62. The highest BCUT2D eigenvalue weighted by molar-refractivity contribution is 6.30. The van der Waals surface area contributed by atoms with Gasteiger partial charge in [-0.05, 0) is 43.5 Å². The Kier molecular flexibility index (Phi) is 3.77. The minimum absolute atomic E-state index is 0.0161. The molecule has 8 heteroatoms. The number of carbonyl (C=O) groups is 1. The minimum atomic E-state index is -0.578. The van der Waals surface area contributed by atoms with Crippen LogP contribution in [0, 0.1) is 5.82 Å². The zero-order chi connectivity index (χ0) is 19.4. The van der Waals surface area contributed by atoms with E-state index in [4.69, 9.17) is 20.8 Å². The number of benzene rings is 2. The van der Waals surface area contributed by atoms with Gasteiger partial charge in [0.1, 0.15) is 17.1 Å². The second kappa shape index (κ2) is 6.10. The first-order valence-electron chi connectivity index (χ1n) is 8.97. The number of nitrogens with zero attached hydrogens (tertiary/aromatic N) is 1. The molecule has 1 amide bonds. The van der Waals surface area contributed by atoms with E-state index in [0.29, 0.717) is 6.01 Å². The fraction of sp³-hybridized carbons (Fsp3) is 0.300. The lowest BCUT2D eigenvalue weighted by atomic mass is 9.44. The molecule has 1 aromatic heterocycles. The van der Waals surface area contributed by atoms with Crippen LogP contribution in [0.1, 0.15) is 19.3 Å². The molecule has 0 aliphatic heterocycles. The third-order valence-corrected chi connectivity index (χ3v) is 5.67. The molecule has 0 spiro atoms. The average molecular weight is 402 g/mol. The SMILES string of the molecule is O=C(COc1ccc(Cl)c(F)c1)NC12CC(Nc3nc4ccccc4o3)(C1)C2. The molecule has 0 saturated heterocycles. The summed E-state index contributed by atoms with van der Waals surface area (Å²) in [5.41, 5.74) is 1.28. The molecule has 28 heavy (non-hydrogen) atoms. The number of amides is 1. The van der Waals surface area contributed by atoms with Crippen molar-refractivity contribution in [3.05, 3.63) is 53.3 Å². The van der Waals surface area contributed by atoms with Crippen LogP contribution in [0.3, 0.4) is 0 Å². The van der Waals surface area contributed by atoms with Gasteiger partial charge in [0.2, 0.25) is 0 Å². The number of oxazole rings is 1. The number of hydrogen-bond donors (Lipinski definition) is 2.